The highest BCUT2D eigenvalue weighted by atomic mass is 32.1. The van der Waals surface area contributed by atoms with Crippen LogP contribution in [0.25, 0.3) is 10.6 Å². The Hall–Kier alpha value is -3.65. The predicted molar refractivity (Wildman–Crippen MR) is 132 cm³/mol. The number of carbonyl (C=O) groups is 1. The lowest BCUT2D eigenvalue weighted by Crippen LogP contribution is -2.31. The summed E-state index contributed by atoms with van der Waals surface area (Å²) in [7, 11) is 3.20. The van der Waals surface area contributed by atoms with Crippen LogP contribution in [0.2, 0.25) is 0 Å². The number of rotatable bonds is 7. The molecule has 2 heterocycles. The van der Waals surface area contributed by atoms with Gasteiger partial charge in [0.1, 0.15) is 10.7 Å². The van der Waals surface area contributed by atoms with Crippen LogP contribution in [0.4, 0.5) is 0 Å². The molecular weight excluding hydrogens is 448 g/mol. The highest BCUT2D eigenvalue weighted by Crippen LogP contribution is 2.39. The van der Waals surface area contributed by atoms with E-state index in [-0.39, 0.29) is 11.9 Å². The van der Waals surface area contributed by atoms with Gasteiger partial charge < -0.3 is 14.8 Å². The molecule has 0 saturated heterocycles. The fraction of sp³-hybridized carbons (Fsp3) is 0.269. The molecule has 1 aliphatic rings. The first kappa shape index (κ1) is 22.2. The third-order valence-electron chi connectivity index (χ3n) is 6.11. The summed E-state index contributed by atoms with van der Waals surface area (Å²) in [5, 5.41) is 10.3. The molecule has 4 aromatic rings. The van der Waals surface area contributed by atoms with Gasteiger partial charge in [-0.2, -0.15) is 5.10 Å². The monoisotopic (exact) mass is 474 g/mol. The van der Waals surface area contributed by atoms with Crippen molar-refractivity contribution in [3.05, 3.63) is 82.6 Å². The van der Waals surface area contributed by atoms with Gasteiger partial charge in [0, 0.05) is 16.6 Å². The number of hydrogen-bond donors (Lipinski definition) is 1. The Morgan fingerprint density at radius 2 is 2.00 bits per heavy atom. The molecule has 174 valence electrons. The van der Waals surface area contributed by atoms with Crippen LogP contribution in [0.5, 0.6) is 11.5 Å². The quantitative estimate of drug-likeness (QED) is 0.413. The van der Waals surface area contributed by atoms with Crippen LogP contribution in [-0.2, 0) is 13.0 Å². The first-order chi connectivity index (χ1) is 16.7. The van der Waals surface area contributed by atoms with Gasteiger partial charge in [-0.1, -0.05) is 36.4 Å². The molecule has 0 aliphatic heterocycles. The molecular formula is C26H26N4O3S. The van der Waals surface area contributed by atoms with E-state index in [2.05, 4.69) is 32.2 Å². The minimum Gasteiger partial charge on any atom is -0.493 e. The summed E-state index contributed by atoms with van der Waals surface area (Å²) in [6.07, 6.45) is 4.75. The molecule has 34 heavy (non-hydrogen) atoms. The van der Waals surface area contributed by atoms with E-state index in [0.29, 0.717) is 22.2 Å². The Kier molecular flexibility index (Phi) is 6.31. The van der Waals surface area contributed by atoms with Crippen molar-refractivity contribution in [2.45, 2.75) is 31.8 Å². The van der Waals surface area contributed by atoms with Crippen LogP contribution in [0.1, 0.15) is 46.2 Å². The second-order valence-corrected chi connectivity index (χ2v) is 9.05. The van der Waals surface area contributed by atoms with Crippen LogP contribution in [0.3, 0.4) is 0 Å². The van der Waals surface area contributed by atoms with Gasteiger partial charge in [-0.05, 0) is 37.0 Å². The molecule has 5 rings (SSSR count). The van der Waals surface area contributed by atoms with Gasteiger partial charge in [-0.3, -0.25) is 9.48 Å². The van der Waals surface area contributed by atoms with Crippen molar-refractivity contribution in [2.24, 2.45) is 0 Å². The van der Waals surface area contributed by atoms with E-state index in [1.165, 1.54) is 22.6 Å². The maximum absolute atomic E-state index is 13.1. The molecule has 0 fully saturated rings. The third-order valence-corrected chi connectivity index (χ3v) is 6.99. The lowest BCUT2D eigenvalue weighted by molar-refractivity contribution is 0.0928. The fourth-order valence-electron chi connectivity index (χ4n) is 4.45. The summed E-state index contributed by atoms with van der Waals surface area (Å²) in [5.74, 6) is 1.05. The molecule has 1 atom stereocenters. The SMILES string of the molecule is COc1cccc(-c2nc(C(=O)NC3CCCc4c3cnn4Cc3ccccc3)cs2)c1OC. The minimum absolute atomic E-state index is 0.0720. The molecule has 0 saturated carbocycles. The zero-order valence-electron chi connectivity index (χ0n) is 19.2. The number of aromatic nitrogens is 3. The standard InChI is InChI=1S/C26H26N4O3S/c1-32-23-13-6-10-18(24(23)33-2)26-29-21(16-34-26)25(31)28-20-11-7-12-22-19(20)14-27-30(22)15-17-8-4-3-5-9-17/h3-6,8-10,13-14,16,20H,7,11-12,15H2,1-2H3,(H,28,31). The highest BCUT2D eigenvalue weighted by molar-refractivity contribution is 7.13. The molecule has 8 heteroatoms. The van der Waals surface area contributed by atoms with E-state index in [0.717, 1.165) is 36.9 Å². The molecule has 7 nitrogen and oxygen atoms in total. The van der Waals surface area contributed by atoms with Crippen molar-refractivity contribution in [2.75, 3.05) is 14.2 Å². The Balaban J connectivity index is 1.34. The van der Waals surface area contributed by atoms with Crippen LogP contribution in [-0.4, -0.2) is 34.9 Å². The zero-order chi connectivity index (χ0) is 23.5. The molecule has 1 N–H and O–H groups in total. The average molecular weight is 475 g/mol. The van der Waals surface area contributed by atoms with Crippen molar-refractivity contribution in [1.29, 1.82) is 0 Å². The molecule has 0 spiro atoms. The van der Waals surface area contributed by atoms with Crippen LogP contribution in [0, 0.1) is 0 Å². The Labute approximate surface area is 202 Å². The van der Waals surface area contributed by atoms with Crippen molar-refractivity contribution >= 4 is 17.2 Å². The van der Waals surface area contributed by atoms with Crippen LogP contribution in [0.15, 0.2) is 60.1 Å². The Bertz CT molecular complexity index is 1300. The van der Waals surface area contributed by atoms with Gasteiger partial charge in [0.15, 0.2) is 11.5 Å². The zero-order valence-corrected chi connectivity index (χ0v) is 20.0. The van der Waals surface area contributed by atoms with E-state index in [1.807, 2.05) is 42.6 Å². The van der Waals surface area contributed by atoms with Crippen molar-refractivity contribution < 1.29 is 14.3 Å². The maximum atomic E-state index is 13.1. The lowest BCUT2D eigenvalue weighted by atomic mass is 9.93. The maximum Gasteiger partial charge on any atom is 0.271 e. The van der Waals surface area contributed by atoms with Gasteiger partial charge in [-0.15, -0.1) is 11.3 Å². The second-order valence-electron chi connectivity index (χ2n) is 8.19. The minimum atomic E-state index is -0.182. The van der Waals surface area contributed by atoms with E-state index in [4.69, 9.17) is 9.47 Å². The number of methoxy groups -OCH3 is 2. The molecule has 1 unspecified atom stereocenters. The van der Waals surface area contributed by atoms with Gasteiger partial charge in [-0.25, -0.2) is 4.98 Å². The van der Waals surface area contributed by atoms with E-state index >= 15 is 0 Å². The molecule has 2 aromatic carbocycles. The number of hydrogen-bond acceptors (Lipinski definition) is 6. The van der Waals surface area contributed by atoms with Crippen molar-refractivity contribution in [1.82, 2.24) is 20.1 Å². The summed E-state index contributed by atoms with van der Waals surface area (Å²) in [4.78, 5) is 17.7. The summed E-state index contributed by atoms with van der Waals surface area (Å²) in [6, 6.07) is 15.9. The van der Waals surface area contributed by atoms with Gasteiger partial charge in [0.2, 0.25) is 0 Å². The van der Waals surface area contributed by atoms with E-state index < -0.39 is 0 Å². The molecule has 1 amide bonds. The number of thiazole rings is 1. The highest BCUT2D eigenvalue weighted by Gasteiger charge is 2.27. The third kappa shape index (κ3) is 4.28. The largest absolute Gasteiger partial charge is 0.493 e. The average Bonchev–Trinajstić information content (AvgIpc) is 3.53. The first-order valence-electron chi connectivity index (χ1n) is 11.2. The summed E-state index contributed by atoms with van der Waals surface area (Å²) < 4.78 is 13.0. The number of nitrogens with zero attached hydrogens (tertiary/aromatic N) is 3. The molecule has 0 bridgehead atoms. The molecule has 2 aromatic heterocycles. The second kappa shape index (κ2) is 9.69. The molecule has 1 aliphatic carbocycles. The summed E-state index contributed by atoms with van der Waals surface area (Å²) in [6.45, 7) is 0.731. The number of nitrogens with one attached hydrogen (secondary N) is 1. The Morgan fingerprint density at radius 1 is 1.15 bits per heavy atom. The predicted octanol–water partition coefficient (Wildman–Crippen LogP) is 4.88. The fourth-order valence-corrected chi connectivity index (χ4v) is 5.27. The summed E-state index contributed by atoms with van der Waals surface area (Å²) >= 11 is 1.41. The van der Waals surface area contributed by atoms with Gasteiger partial charge in [0.25, 0.3) is 5.91 Å². The topological polar surface area (TPSA) is 78.3 Å². The van der Waals surface area contributed by atoms with Gasteiger partial charge >= 0.3 is 0 Å². The first-order valence-corrected chi connectivity index (χ1v) is 12.1. The van der Waals surface area contributed by atoms with E-state index in [1.54, 1.807) is 19.6 Å². The number of amides is 1. The number of ether oxygens (including phenoxy) is 2. The number of benzene rings is 2. The van der Waals surface area contributed by atoms with Crippen molar-refractivity contribution in [3.8, 4) is 22.1 Å². The number of para-hydroxylation sites is 1. The number of carbonyl (C=O) groups excluding carboxylic acids is 1. The normalized spacial score (nSPS) is 14.9. The summed E-state index contributed by atoms with van der Waals surface area (Å²) in [5.41, 5.74) is 4.70. The smallest absolute Gasteiger partial charge is 0.271 e. The van der Waals surface area contributed by atoms with Crippen molar-refractivity contribution in [3.63, 3.8) is 0 Å². The lowest BCUT2D eigenvalue weighted by Gasteiger charge is -2.24. The molecule has 0 radical (unpaired) electrons. The Morgan fingerprint density at radius 3 is 2.79 bits per heavy atom. The van der Waals surface area contributed by atoms with E-state index in [9.17, 15) is 4.79 Å². The van der Waals surface area contributed by atoms with Crippen LogP contribution >= 0.6 is 11.3 Å². The van der Waals surface area contributed by atoms with Gasteiger partial charge in [0.05, 0.1) is 38.6 Å². The number of fused-ring (bicyclic) bond motifs is 1. The van der Waals surface area contributed by atoms with Crippen LogP contribution < -0.4 is 14.8 Å².